The zero-order valence-corrected chi connectivity index (χ0v) is 22.0. The van der Waals surface area contributed by atoms with Crippen LogP contribution in [0.3, 0.4) is 0 Å². The Morgan fingerprint density at radius 1 is 0.750 bits per heavy atom. The third-order valence-corrected chi connectivity index (χ3v) is 7.49. The number of pyridine rings is 3. The summed E-state index contributed by atoms with van der Waals surface area (Å²) in [4.78, 5) is 14.4. The topological polar surface area (TPSA) is 70.1 Å². The highest BCUT2D eigenvalue weighted by Gasteiger charge is 2.18. The number of ether oxygens (including phenoxy) is 1. The largest absolute Gasteiger partial charge is 0.454 e. The second-order valence-electron chi connectivity index (χ2n) is 10.3. The fourth-order valence-corrected chi connectivity index (χ4v) is 5.70. The molecular formula is C33H24N6O. The van der Waals surface area contributed by atoms with Crippen LogP contribution in [0.25, 0.3) is 55.1 Å². The van der Waals surface area contributed by atoms with Crippen molar-refractivity contribution < 1.29 is 4.74 Å². The van der Waals surface area contributed by atoms with Crippen LogP contribution in [0, 0.1) is 0 Å². The second-order valence-corrected chi connectivity index (χ2v) is 10.3. The van der Waals surface area contributed by atoms with Gasteiger partial charge in [-0.05, 0) is 41.8 Å². The maximum absolute atomic E-state index is 6.35. The van der Waals surface area contributed by atoms with Crippen LogP contribution < -0.4 is 4.74 Å². The van der Waals surface area contributed by atoms with Gasteiger partial charge in [0, 0.05) is 22.2 Å². The number of benzene rings is 3. The molecule has 0 N–H and O–H groups in total. The molecule has 7 nitrogen and oxygen atoms in total. The summed E-state index contributed by atoms with van der Waals surface area (Å²) in [6, 6.07) is 26.8. The summed E-state index contributed by atoms with van der Waals surface area (Å²) in [5.74, 6) is 1.56. The lowest BCUT2D eigenvalue weighted by Gasteiger charge is -2.15. The van der Waals surface area contributed by atoms with E-state index in [-0.39, 0.29) is 0 Å². The first-order valence-corrected chi connectivity index (χ1v) is 13.3. The van der Waals surface area contributed by atoms with Crippen LogP contribution in [0.5, 0.6) is 11.5 Å². The molecule has 8 rings (SSSR count). The van der Waals surface area contributed by atoms with Crippen molar-refractivity contribution in [1.29, 1.82) is 0 Å². The van der Waals surface area contributed by atoms with Gasteiger partial charge in [-0.15, -0.1) is 0 Å². The van der Waals surface area contributed by atoms with Gasteiger partial charge in [0.2, 0.25) is 0 Å². The van der Waals surface area contributed by atoms with E-state index in [1.807, 2.05) is 53.3 Å². The van der Waals surface area contributed by atoms with Crippen molar-refractivity contribution in [2.75, 3.05) is 0 Å². The van der Waals surface area contributed by atoms with Gasteiger partial charge in [-0.25, -0.2) is 9.67 Å². The molecule has 192 valence electrons. The molecule has 5 aromatic heterocycles. The molecule has 0 saturated carbocycles. The van der Waals surface area contributed by atoms with Gasteiger partial charge < -0.3 is 4.74 Å². The molecule has 0 amide bonds. The number of hydrogen-bond acceptors (Lipinski definition) is 5. The van der Waals surface area contributed by atoms with Crippen molar-refractivity contribution in [3.63, 3.8) is 0 Å². The fourth-order valence-electron chi connectivity index (χ4n) is 5.70. The number of para-hydroxylation sites is 3. The standard InChI is InChI=1S/C33H24N6O/c1-20(2)25-9-7-13-30-31(25)32-26(33-37-27-10-4-6-12-29(27)38(30)33)15-24(19-35-32)40-23-14-22(17-34-18-23)39-28-11-5-3-8-21(28)16-36-39/h3-20H,1-2H3. The number of aromatic nitrogens is 6. The van der Waals surface area contributed by atoms with E-state index in [0.29, 0.717) is 17.4 Å². The second kappa shape index (κ2) is 8.61. The van der Waals surface area contributed by atoms with Gasteiger partial charge in [-0.1, -0.05) is 56.3 Å². The fraction of sp³-hybridized carbons (Fsp3) is 0.0909. The predicted molar refractivity (Wildman–Crippen MR) is 159 cm³/mol. The van der Waals surface area contributed by atoms with Gasteiger partial charge in [0.15, 0.2) is 0 Å². The zero-order chi connectivity index (χ0) is 26.8. The lowest BCUT2D eigenvalue weighted by Crippen LogP contribution is -1.99. The van der Waals surface area contributed by atoms with Crippen molar-refractivity contribution in [2.24, 2.45) is 0 Å². The molecule has 0 saturated heterocycles. The molecule has 0 unspecified atom stereocenters. The molecule has 40 heavy (non-hydrogen) atoms. The highest BCUT2D eigenvalue weighted by molar-refractivity contribution is 6.13. The highest BCUT2D eigenvalue weighted by Crippen LogP contribution is 2.37. The monoisotopic (exact) mass is 520 g/mol. The minimum Gasteiger partial charge on any atom is -0.454 e. The summed E-state index contributed by atoms with van der Waals surface area (Å²) in [5.41, 5.74) is 7.98. The third-order valence-electron chi connectivity index (χ3n) is 7.49. The van der Waals surface area contributed by atoms with E-state index >= 15 is 0 Å². The smallest absolute Gasteiger partial charge is 0.148 e. The van der Waals surface area contributed by atoms with E-state index in [1.54, 1.807) is 18.6 Å². The molecule has 3 aromatic carbocycles. The first-order valence-electron chi connectivity index (χ1n) is 13.3. The van der Waals surface area contributed by atoms with Crippen molar-refractivity contribution in [1.82, 2.24) is 29.1 Å². The molecule has 0 radical (unpaired) electrons. The molecule has 0 spiro atoms. The number of hydrogen-bond donors (Lipinski definition) is 0. The summed E-state index contributed by atoms with van der Waals surface area (Å²) in [7, 11) is 0. The SMILES string of the molecule is CC(C)c1cccc2c1c1ncc(Oc3cncc(-n4ncc5ccccc54)c3)cc1c1nc3ccccc3n21. The molecule has 5 heterocycles. The maximum atomic E-state index is 6.35. The molecule has 0 atom stereocenters. The molecule has 8 aromatic rings. The van der Waals surface area contributed by atoms with Crippen LogP contribution in [0.4, 0.5) is 0 Å². The van der Waals surface area contributed by atoms with Gasteiger partial charge in [0.1, 0.15) is 17.1 Å². The van der Waals surface area contributed by atoms with Gasteiger partial charge in [0.25, 0.3) is 0 Å². The molecule has 0 aliphatic heterocycles. The molecule has 0 bridgehead atoms. The Hall–Kier alpha value is -5.30. The van der Waals surface area contributed by atoms with Crippen LogP contribution in [-0.2, 0) is 0 Å². The summed E-state index contributed by atoms with van der Waals surface area (Å²) < 4.78 is 10.5. The van der Waals surface area contributed by atoms with Crippen molar-refractivity contribution in [2.45, 2.75) is 19.8 Å². The Bertz CT molecular complexity index is 2240. The lowest BCUT2D eigenvalue weighted by atomic mass is 9.96. The number of fused-ring (bicyclic) bond motifs is 9. The maximum Gasteiger partial charge on any atom is 0.148 e. The molecule has 0 aliphatic rings. The number of nitrogens with zero attached hydrogens (tertiary/aromatic N) is 6. The number of imidazole rings is 1. The molecule has 0 fully saturated rings. The van der Waals surface area contributed by atoms with Crippen LogP contribution in [-0.4, -0.2) is 29.1 Å². The van der Waals surface area contributed by atoms with Crippen LogP contribution in [0.1, 0.15) is 25.3 Å². The summed E-state index contributed by atoms with van der Waals surface area (Å²) in [5, 5.41) is 7.71. The van der Waals surface area contributed by atoms with E-state index in [0.717, 1.165) is 55.1 Å². The Balaban J connectivity index is 1.32. The zero-order valence-electron chi connectivity index (χ0n) is 22.0. The molecular weight excluding hydrogens is 496 g/mol. The minimum absolute atomic E-state index is 0.337. The molecule has 0 aliphatic carbocycles. The van der Waals surface area contributed by atoms with E-state index in [1.165, 1.54) is 5.56 Å². The van der Waals surface area contributed by atoms with Crippen molar-refractivity contribution in [3.05, 3.63) is 109 Å². The first-order chi connectivity index (χ1) is 19.7. The van der Waals surface area contributed by atoms with E-state index in [4.69, 9.17) is 14.7 Å². The Labute approximate surface area is 229 Å². The Morgan fingerprint density at radius 3 is 2.45 bits per heavy atom. The van der Waals surface area contributed by atoms with E-state index < -0.39 is 0 Å². The highest BCUT2D eigenvalue weighted by atomic mass is 16.5. The summed E-state index contributed by atoms with van der Waals surface area (Å²) in [6.07, 6.45) is 7.12. The van der Waals surface area contributed by atoms with E-state index in [9.17, 15) is 0 Å². The Kier molecular flexibility index (Phi) is 4.88. The van der Waals surface area contributed by atoms with Gasteiger partial charge in [-0.3, -0.25) is 14.4 Å². The first kappa shape index (κ1) is 22.7. The third kappa shape index (κ3) is 3.37. The minimum atomic E-state index is 0.337. The summed E-state index contributed by atoms with van der Waals surface area (Å²) >= 11 is 0. The normalized spacial score (nSPS) is 12.0. The lowest BCUT2D eigenvalue weighted by molar-refractivity contribution is 0.478. The average Bonchev–Trinajstić information content (AvgIpc) is 3.59. The van der Waals surface area contributed by atoms with Gasteiger partial charge in [-0.2, -0.15) is 5.10 Å². The average molecular weight is 521 g/mol. The Morgan fingerprint density at radius 2 is 1.55 bits per heavy atom. The van der Waals surface area contributed by atoms with Crippen molar-refractivity contribution >= 4 is 49.4 Å². The summed E-state index contributed by atoms with van der Waals surface area (Å²) in [6.45, 7) is 4.44. The van der Waals surface area contributed by atoms with Gasteiger partial charge >= 0.3 is 0 Å². The van der Waals surface area contributed by atoms with Crippen LogP contribution >= 0.6 is 0 Å². The predicted octanol–water partition coefficient (Wildman–Crippen LogP) is 7.84. The van der Waals surface area contributed by atoms with Crippen LogP contribution in [0.2, 0.25) is 0 Å². The van der Waals surface area contributed by atoms with E-state index in [2.05, 4.69) is 64.7 Å². The van der Waals surface area contributed by atoms with Gasteiger partial charge in [0.05, 0.1) is 58.1 Å². The molecule has 7 heteroatoms. The number of rotatable bonds is 4. The quantitative estimate of drug-likeness (QED) is 0.221. The van der Waals surface area contributed by atoms with Crippen molar-refractivity contribution in [3.8, 4) is 17.2 Å². The van der Waals surface area contributed by atoms with Crippen LogP contribution in [0.15, 0.2) is 104 Å².